The Hall–Kier alpha value is -2.12. The van der Waals surface area contributed by atoms with Crippen LogP contribution in [-0.4, -0.2) is 36.9 Å². The molecular weight excluding hydrogens is 292 g/mol. The first-order valence-electron chi connectivity index (χ1n) is 6.07. The maximum Gasteiger partial charge on any atom is 0.416 e. The van der Waals surface area contributed by atoms with Crippen molar-refractivity contribution in [2.75, 3.05) is 20.1 Å². The average molecular weight is 306 g/mol. The predicted molar refractivity (Wildman–Crippen MR) is 67.0 cm³/mol. The fourth-order valence-electron chi connectivity index (χ4n) is 1.62. The van der Waals surface area contributed by atoms with E-state index in [0.717, 1.165) is 4.90 Å². The number of amides is 2. The number of hydrogen-bond acceptors (Lipinski definition) is 2. The van der Waals surface area contributed by atoms with Gasteiger partial charge in [-0.05, 0) is 25.1 Å². The molecule has 1 N–H and O–H groups in total. The van der Waals surface area contributed by atoms with Gasteiger partial charge in [-0.3, -0.25) is 9.59 Å². The number of nitrogens with zero attached hydrogens (tertiary/aromatic N) is 1. The molecule has 0 saturated heterocycles. The highest BCUT2D eigenvalue weighted by molar-refractivity contribution is 5.96. The molecule has 0 spiro atoms. The lowest BCUT2D eigenvalue weighted by atomic mass is 10.1. The van der Waals surface area contributed by atoms with Gasteiger partial charge in [0.05, 0.1) is 17.7 Å². The lowest BCUT2D eigenvalue weighted by Gasteiger charge is -2.20. The topological polar surface area (TPSA) is 49.4 Å². The van der Waals surface area contributed by atoms with E-state index in [-0.39, 0.29) is 13.1 Å². The maximum absolute atomic E-state index is 13.6. The van der Waals surface area contributed by atoms with E-state index in [1.807, 2.05) is 0 Å². The third-order valence-electron chi connectivity index (χ3n) is 2.81. The zero-order valence-corrected chi connectivity index (χ0v) is 11.4. The third-order valence-corrected chi connectivity index (χ3v) is 2.81. The zero-order valence-electron chi connectivity index (χ0n) is 11.4. The van der Waals surface area contributed by atoms with Crippen LogP contribution in [0.25, 0.3) is 0 Å². The average Bonchev–Trinajstić information content (AvgIpc) is 2.42. The van der Waals surface area contributed by atoms with E-state index in [4.69, 9.17) is 0 Å². The third kappa shape index (κ3) is 4.17. The molecule has 0 bridgehead atoms. The molecule has 0 fully saturated rings. The standard InChI is InChI=1S/C13H14F4N2O2/c1-3-19(7-11(20)18-2)12(21)9-6-8(13(15,16)17)4-5-10(9)14/h4-6H,3,7H2,1-2H3,(H,18,20). The van der Waals surface area contributed by atoms with E-state index in [2.05, 4.69) is 5.32 Å². The molecule has 0 saturated carbocycles. The van der Waals surface area contributed by atoms with Gasteiger partial charge in [-0.15, -0.1) is 0 Å². The van der Waals surface area contributed by atoms with Crippen LogP contribution in [0.3, 0.4) is 0 Å². The first kappa shape index (κ1) is 16.9. The van der Waals surface area contributed by atoms with Crippen LogP contribution in [0, 0.1) is 5.82 Å². The summed E-state index contributed by atoms with van der Waals surface area (Å²) in [4.78, 5) is 24.3. The Morgan fingerprint density at radius 1 is 1.29 bits per heavy atom. The van der Waals surface area contributed by atoms with Crippen LogP contribution in [-0.2, 0) is 11.0 Å². The number of carbonyl (C=O) groups is 2. The number of hydrogen-bond donors (Lipinski definition) is 1. The Morgan fingerprint density at radius 2 is 1.90 bits per heavy atom. The minimum absolute atomic E-state index is 0.0575. The van der Waals surface area contributed by atoms with Crippen LogP contribution >= 0.6 is 0 Å². The molecule has 1 aromatic carbocycles. The molecule has 0 radical (unpaired) electrons. The molecule has 0 unspecified atom stereocenters. The van der Waals surface area contributed by atoms with Crippen molar-refractivity contribution >= 4 is 11.8 Å². The van der Waals surface area contributed by atoms with Gasteiger partial charge in [-0.2, -0.15) is 13.2 Å². The summed E-state index contributed by atoms with van der Waals surface area (Å²) < 4.78 is 51.4. The Morgan fingerprint density at radius 3 is 2.38 bits per heavy atom. The molecule has 116 valence electrons. The van der Waals surface area contributed by atoms with Crippen molar-refractivity contribution in [1.29, 1.82) is 0 Å². The summed E-state index contributed by atoms with van der Waals surface area (Å²) in [6, 6.07) is 1.59. The largest absolute Gasteiger partial charge is 0.416 e. The van der Waals surface area contributed by atoms with Gasteiger partial charge in [0.1, 0.15) is 5.82 Å². The van der Waals surface area contributed by atoms with Crippen LogP contribution in [0.2, 0.25) is 0 Å². The van der Waals surface area contributed by atoms with Gasteiger partial charge in [0.2, 0.25) is 5.91 Å². The Bertz CT molecular complexity index is 543. The minimum Gasteiger partial charge on any atom is -0.358 e. The van der Waals surface area contributed by atoms with Gasteiger partial charge in [-0.1, -0.05) is 0 Å². The van der Waals surface area contributed by atoms with Crippen LogP contribution < -0.4 is 5.32 Å². The van der Waals surface area contributed by atoms with Crippen molar-refractivity contribution in [3.05, 3.63) is 35.1 Å². The lowest BCUT2D eigenvalue weighted by molar-refractivity contribution is -0.137. The fourth-order valence-corrected chi connectivity index (χ4v) is 1.62. The highest BCUT2D eigenvalue weighted by Crippen LogP contribution is 2.30. The fraction of sp³-hybridized carbons (Fsp3) is 0.385. The summed E-state index contributed by atoms with van der Waals surface area (Å²) in [6.07, 6.45) is -4.68. The van der Waals surface area contributed by atoms with Crippen molar-refractivity contribution in [3.63, 3.8) is 0 Å². The van der Waals surface area contributed by atoms with Gasteiger partial charge < -0.3 is 10.2 Å². The first-order chi connectivity index (χ1) is 9.70. The molecule has 4 nitrogen and oxygen atoms in total. The monoisotopic (exact) mass is 306 g/mol. The summed E-state index contributed by atoms with van der Waals surface area (Å²) in [5.41, 5.74) is -1.83. The van der Waals surface area contributed by atoms with Gasteiger partial charge in [0.25, 0.3) is 5.91 Å². The molecule has 1 aromatic rings. The highest BCUT2D eigenvalue weighted by atomic mass is 19.4. The number of rotatable bonds is 4. The summed E-state index contributed by atoms with van der Waals surface area (Å²) in [5.74, 6) is -2.54. The second kappa shape index (κ2) is 6.55. The summed E-state index contributed by atoms with van der Waals surface area (Å²) >= 11 is 0. The number of halogens is 4. The van der Waals surface area contributed by atoms with Gasteiger partial charge in [0.15, 0.2) is 0 Å². The van der Waals surface area contributed by atoms with E-state index >= 15 is 0 Å². The van der Waals surface area contributed by atoms with E-state index in [0.29, 0.717) is 18.2 Å². The Labute approximate surface area is 118 Å². The Balaban J connectivity index is 3.13. The van der Waals surface area contributed by atoms with Crippen LogP contribution in [0.1, 0.15) is 22.8 Å². The van der Waals surface area contributed by atoms with Crippen LogP contribution in [0.15, 0.2) is 18.2 Å². The van der Waals surface area contributed by atoms with Crippen LogP contribution in [0.5, 0.6) is 0 Å². The summed E-state index contributed by atoms with van der Waals surface area (Å²) in [7, 11) is 1.35. The summed E-state index contributed by atoms with van der Waals surface area (Å²) in [6.45, 7) is 1.23. The predicted octanol–water partition coefficient (Wildman–Crippen LogP) is 2.05. The number of likely N-dealkylation sites (N-methyl/N-ethyl adjacent to an activating group) is 2. The van der Waals surface area contributed by atoms with E-state index in [9.17, 15) is 27.2 Å². The molecule has 1 rings (SSSR count). The molecule has 0 aromatic heterocycles. The molecule has 0 heterocycles. The highest BCUT2D eigenvalue weighted by Gasteiger charge is 2.32. The normalized spacial score (nSPS) is 11.1. The number of carbonyl (C=O) groups excluding carboxylic acids is 2. The number of alkyl halides is 3. The summed E-state index contributed by atoms with van der Waals surface area (Å²) in [5, 5.41) is 2.28. The lowest BCUT2D eigenvalue weighted by Crippen LogP contribution is -2.39. The SMILES string of the molecule is CCN(CC(=O)NC)C(=O)c1cc(C(F)(F)F)ccc1F. The van der Waals surface area contributed by atoms with Crippen molar-refractivity contribution in [2.45, 2.75) is 13.1 Å². The molecule has 0 atom stereocenters. The quantitative estimate of drug-likeness (QED) is 0.866. The van der Waals surface area contributed by atoms with Crippen molar-refractivity contribution in [2.24, 2.45) is 0 Å². The van der Waals surface area contributed by atoms with Gasteiger partial charge in [-0.25, -0.2) is 4.39 Å². The van der Waals surface area contributed by atoms with E-state index in [1.165, 1.54) is 14.0 Å². The molecular formula is C13H14F4N2O2. The van der Waals surface area contributed by atoms with E-state index in [1.54, 1.807) is 0 Å². The van der Waals surface area contributed by atoms with Crippen molar-refractivity contribution in [3.8, 4) is 0 Å². The van der Waals surface area contributed by atoms with Crippen molar-refractivity contribution in [1.82, 2.24) is 10.2 Å². The second-order valence-electron chi connectivity index (χ2n) is 4.18. The van der Waals surface area contributed by atoms with Crippen LogP contribution in [0.4, 0.5) is 17.6 Å². The molecule has 0 aliphatic carbocycles. The molecule has 0 aliphatic rings. The Kier molecular flexibility index (Phi) is 5.28. The van der Waals surface area contributed by atoms with Gasteiger partial charge >= 0.3 is 6.18 Å². The minimum atomic E-state index is -4.68. The molecule has 8 heteroatoms. The first-order valence-corrected chi connectivity index (χ1v) is 6.07. The number of benzene rings is 1. The number of nitrogens with one attached hydrogen (secondary N) is 1. The van der Waals surface area contributed by atoms with Gasteiger partial charge in [0, 0.05) is 13.6 Å². The smallest absolute Gasteiger partial charge is 0.358 e. The van der Waals surface area contributed by atoms with E-state index < -0.39 is 34.9 Å². The van der Waals surface area contributed by atoms with Crippen molar-refractivity contribution < 1.29 is 27.2 Å². The molecule has 2 amide bonds. The zero-order chi connectivity index (χ0) is 16.2. The second-order valence-corrected chi connectivity index (χ2v) is 4.18. The molecule has 21 heavy (non-hydrogen) atoms. The maximum atomic E-state index is 13.6. The molecule has 0 aliphatic heterocycles.